The third-order valence-corrected chi connectivity index (χ3v) is 10.3. The van der Waals surface area contributed by atoms with Crippen LogP contribution in [0.5, 0.6) is 0 Å². The van der Waals surface area contributed by atoms with Crippen molar-refractivity contribution in [3.05, 3.63) is 12.2 Å². The molecule has 0 aromatic rings. The summed E-state index contributed by atoms with van der Waals surface area (Å²) in [5, 5.41) is 0. The molecule has 0 saturated heterocycles. The Hall–Kier alpha value is -0.790. The summed E-state index contributed by atoms with van der Waals surface area (Å²) in [4.78, 5) is 12.6. The summed E-state index contributed by atoms with van der Waals surface area (Å²) in [5.74, 6) is 5.84. The van der Waals surface area contributed by atoms with Gasteiger partial charge in [0, 0.05) is 12.8 Å². The zero-order valence-corrected chi connectivity index (χ0v) is 26.5. The minimum Gasteiger partial charge on any atom is -0.462 e. The molecular weight excluding hydrogens is 464 g/mol. The first-order valence-electron chi connectivity index (χ1n) is 17.2. The molecule has 0 heterocycles. The van der Waals surface area contributed by atoms with Gasteiger partial charge >= 0.3 is 5.97 Å². The quantitative estimate of drug-likeness (QED) is 0.134. The second kappa shape index (κ2) is 19.3. The number of carbonyl (C=O) groups is 1. The first kappa shape index (κ1) is 33.4. The van der Waals surface area contributed by atoms with Crippen LogP contribution in [0.15, 0.2) is 12.2 Å². The lowest BCUT2D eigenvalue weighted by atomic mass is 9.72. The van der Waals surface area contributed by atoms with Gasteiger partial charge in [-0.2, -0.15) is 0 Å². The molecule has 0 unspecified atom stereocenters. The minimum atomic E-state index is 0.0336. The molecule has 7 atom stereocenters. The highest BCUT2D eigenvalue weighted by molar-refractivity contribution is 5.69. The summed E-state index contributed by atoms with van der Waals surface area (Å²) in [7, 11) is 0. The predicted octanol–water partition coefficient (Wildman–Crippen LogP) is 11.3. The molecule has 2 nitrogen and oxygen atoms in total. The van der Waals surface area contributed by atoms with E-state index in [9.17, 15) is 4.79 Å². The number of hydrogen-bond donors (Lipinski definition) is 0. The van der Waals surface area contributed by atoms with Crippen LogP contribution in [0, 0.1) is 41.4 Å². The zero-order valence-electron chi connectivity index (χ0n) is 26.5. The van der Waals surface area contributed by atoms with Crippen LogP contribution >= 0.6 is 0 Å². The molecule has 2 rings (SSSR count). The number of fused-ring (bicyclic) bond motifs is 1. The van der Waals surface area contributed by atoms with E-state index in [4.69, 9.17) is 4.74 Å². The molecule has 1 saturated carbocycles. The van der Waals surface area contributed by atoms with E-state index in [1.165, 1.54) is 89.9 Å². The van der Waals surface area contributed by atoms with Gasteiger partial charge < -0.3 is 4.74 Å². The number of esters is 1. The topological polar surface area (TPSA) is 26.3 Å². The lowest BCUT2D eigenvalue weighted by molar-refractivity contribution is -0.149. The Morgan fingerprint density at radius 1 is 0.789 bits per heavy atom. The number of rotatable bonds is 13. The SMILES string of the molecule is CCCCCCCCC(=O)O[C@@H]1CC=CC[C@H]2CCC[C@H]([C@H](C)CCCC(C)C)[C@@H](C)CC[C@@H]2[C@@H](C)CC1. The molecule has 2 aliphatic carbocycles. The van der Waals surface area contributed by atoms with Gasteiger partial charge in [0.25, 0.3) is 0 Å². The molecule has 1 fully saturated rings. The molecule has 0 amide bonds. The fourth-order valence-electron chi connectivity index (χ4n) is 7.67. The molecular formula is C36H66O2. The highest BCUT2D eigenvalue weighted by atomic mass is 16.5. The molecule has 0 aliphatic heterocycles. The normalized spacial score (nSPS) is 30.1. The average molecular weight is 531 g/mol. The van der Waals surface area contributed by atoms with E-state index in [-0.39, 0.29) is 12.1 Å². The van der Waals surface area contributed by atoms with Gasteiger partial charge in [-0.3, -0.25) is 4.79 Å². The lowest BCUT2D eigenvalue weighted by Gasteiger charge is -2.34. The van der Waals surface area contributed by atoms with Gasteiger partial charge in [-0.05, 0) is 86.4 Å². The van der Waals surface area contributed by atoms with Crippen LogP contribution in [0.4, 0.5) is 0 Å². The summed E-state index contributed by atoms with van der Waals surface area (Å²) >= 11 is 0. The monoisotopic (exact) mass is 531 g/mol. The Bertz CT molecular complexity index is 637. The number of allylic oxidation sites excluding steroid dienone is 1. The van der Waals surface area contributed by atoms with Crippen LogP contribution < -0.4 is 0 Å². The van der Waals surface area contributed by atoms with Gasteiger partial charge in [-0.25, -0.2) is 0 Å². The molecule has 0 spiro atoms. The first-order chi connectivity index (χ1) is 18.3. The Morgan fingerprint density at radius 3 is 2.26 bits per heavy atom. The second-order valence-corrected chi connectivity index (χ2v) is 14.0. The number of unbranched alkanes of at least 4 members (excludes halogenated alkanes) is 5. The van der Waals surface area contributed by atoms with E-state index in [0.29, 0.717) is 6.42 Å². The van der Waals surface area contributed by atoms with Crippen molar-refractivity contribution in [2.75, 3.05) is 0 Å². The molecule has 0 bridgehead atoms. The molecule has 2 heteroatoms. The maximum atomic E-state index is 12.6. The van der Waals surface area contributed by atoms with Gasteiger partial charge in [0.2, 0.25) is 0 Å². The summed E-state index contributed by atoms with van der Waals surface area (Å²) < 4.78 is 6.01. The predicted molar refractivity (Wildman–Crippen MR) is 165 cm³/mol. The number of hydrogen-bond acceptors (Lipinski definition) is 2. The molecule has 38 heavy (non-hydrogen) atoms. The van der Waals surface area contributed by atoms with E-state index in [1.54, 1.807) is 0 Å². The van der Waals surface area contributed by atoms with Gasteiger partial charge in [0.15, 0.2) is 0 Å². The standard InChI is InChI=1S/C36H66O2/c1-7-8-9-10-11-12-23-36(37)38-33-21-14-13-19-32-20-16-22-34(29(4)18-15-17-28(2)3)30(5)25-27-35(32)31(6)24-26-33/h13-14,28-35H,7-12,15-27H2,1-6H3/t29-,30+,31+,32+,33-,34-,35-/m1/s1. The largest absolute Gasteiger partial charge is 0.462 e. The van der Waals surface area contributed by atoms with Crippen molar-refractivity contribution in [1.29, 1.82) is 0 Å². The van der Waals surface area contributed by atoms with Crippen molar-refractivity contribution in [2.45, 2.75) is 170 Å². The molecule has 0 aromatic carbocycles. The van der Waals surface area contributed by atoms with Crippen molar-refractivity contribution >= 4 is 5.97 Å². The molecule has 0 radical (unpaired) electrons. The maximum absolute atomic E-state index is 12.6. The third kappa shape index (κ3) is 13.0. The average Bonchev–Trinajstić information content (AvgIpc) is 2.95. The minimum absolute atomic E-state index is 0.0336. The van der Waals surface area contributed by atoms with E-state index in [2.05, 4.69) is 53.7 Å². The Balaban J connectivity index is 1.88. The smallest absolute Gasteiger partial charge is 0.306 e. The third-order valence-electron chi connectivity index (χ3n) is 10.3. The Kier molecular flexibility index (Phi) is 17.0. The fraction of sp³-hybridized carbons (Fsp3) is 0.917. The molecule has 0 N–H and O–H groups in total. The summed E-state index contributed by atoms with van der Waals surface area (Å²) in [6.45, 7) is 14.6. The van der Waals surface area contributed by atoms with Crippen LogP contribution in [-0.4, -0.2) is 12.1 Å². The molecule has 0 aromatic heterocycles. The Labute approximate surface area is 238 Å². The van der Waals surface area contributed by atoms with E-state index >= 15 is 0 Å². The van der Waals surface area contributed by atoms with Gasteiger partial charge in [-0.1, -0.05) is 118 Å². The zero-order chi connectivity index (χ0) is 27.8. The van der Waals surface area contributed by atoms with Crippen LogP contribution in [0.1, 0.15) is 164 Å². The van der Waals surface area contributed by atoms with Gasteiger partial charge in [0.05, 0.1) is 0 Å². The van der Waals surface area contributed by atoms with Crippen LogP contribution in [-0.2, 0) is 9.53 Å². The Morgan fingerprint density at radius 2 is 1.50 bits per heavy atom. The van der Waals surface area contributed by atoms with E-state index in [0.717, 1.165) is 67.1 Å². The van der Waals surface area contributed by atoms with E-state index in [1.807, 2.05) is 0 Å². The number of ether oxygens (including phenoxy) is 1. The summed E-state index contributed by atoms with van der Waals surface area (Å²) in [5.41, 5.74) is 0. The van der Waals surface area contributed by atoms with Crippen molar-refractivity contribution in [3.63, 3.8) is 0 Å². The van der Waals surface area contributed by atoms with Gasteiger partial charge in [-0.15, -0.1) is 0 Å². The highest BCUT2D eigenvalue weighted by Gasteiger charge is 2.32. The number of carbonyl (C=O) groups excluding carboxylic acids is 1. The van der Waals surface area contributed by atoms with Crippen molar-refractivity contribution in [3.8, 4) is 0 Å². The molecule has 222 valence electrons. The lowest BCUT2D eigenvalue weighted by Crippen LogP contribution is -2.26. The van der Waals surface area contributed by atoms with Crippen molar-refractivity contribution in [2.24, 2.45) is 41.4 Å². The highest BCUT2D eigenvalue weighted by Crippen LogP contribution is 2.42. The van der Waals surface area contributed by atoms with Crippen molar-refractivity contribution < 1.29 is 9.53 Å². The van der Waals surface area contributed by atoms with Crippen LogP contribution in [0.25, 0.3) is 0 Å². The molecule has 2 aliphatic rings. The van der Waals surface area contributed by atoms with Crippen LogP contribution in [0.2, 0.25) is 0 Å². The van der Waals surface area contributed by atoms with E-state index < -0.39 is 0 Å². The second-order valence-electron chi connectivity index (χ2n) is 14.0. The first-order valence-corrected chi connectivity index (χ1v) is 17.2. The summed E-state index contributed by atoms with van der Waals surface area (Å²) in [6.07, 6.45) is 28.3. The van der Waals surface area contributed by atoms with Crippen LogP contribution in [0.3, 0.4) is 0 Å². The van der Waals surface area contributed by atoms with Gasteiger partial charge in [0.1, 0.15) is 6.10 Å². The maximum Gasteiger partial charge on any atom is 0.306 e. The summed E-state index contributed by atoms with van der Waals surface area (Å²) in [6, 6.07) is 0. The van der Waals surface area contributed by atoms with Crippen molar-refractivity contribution in [1.82, 2.24) is 0 Å². The fourth-order valence-corrected chi connectivity index (χ4v) is 7.67.